The molecule has 0 saturated carbocycles. The molecule has 4 N–H and O–H groups in total. The number of aromatic nitrogens is 2. The fraction of sp³-hybridized carbons (Fsp3) is 0.280. The predicted octanol–water partition coefficient (Wildman–Crippen LogP) is 1.98. The second kappa shape index (κ2) is 11.6. The number of fused-ring (bicyclic) bond motifs is 1. The molecular formula is C25H28N4O5. The van der Waals surface area contributed by atoms with E-state index in [4.69, 9.17) is 10.5 Å². The summed E-state index contributed by atoms with van der Waals surface area (Å²) in [5, 5.41) is 3.59. The number of aromatic amines is 1. The number of rotatable bonds is 11. The van der Waals surface area contributed by atoms with Crippen molar-refractivity contribution in [1.82, 2.24) is 14.9 Å². The molecule has 0 saturated heterocycles. The summed E-state index contributed by atoms with van der Waals surface area (Å²) in [5.41, 5.74) is 6.23. The molecule has 9 nitrogen and oxygen atoms in total. The number of nitrogens with two attached hydrogens (primary N) is 1. The number of ether oxygens (including phenoxy) is 1. The Morgan fingerprint density at radius 1 is 1.18 bits per heavy atom. The fourth-order valence-corrected chi connectivity index (χ4v) is 3.64. The van der Waals surface area contributed by atoms with Crippen LogP contribution in [-0.2, 0) is 25.5 Å². The number of carbonyl (C=O) groups is 3. The van der Waals surface area contributed by atoms with Gasteiger partial charge in [-0.2, -0.15) is 0 Å². The van der Waals surface area contributed by atoms with Crippen LogP contribution in [0.15, 0.2) is 71.8 Å². The number of hydrogen-bond acceptors (Lipinski definition) is 5. The number of pyridine rings is 1. The number of nitrogens with one attached hydrogen (secondary N) is 2. The van der Waals surface area contributed by atoms with Gasteiger partial charge in [-0.25, -0.2) is 4.79 Å². The number of esters is 1. The molecule has 0 unspecified atom stereocenters. The molecule has 2 heterocycles. The van der Waals surface area contributed by atoms with Crippen molar-refractivity contribution in [3.63, 3.8) is 0 Å². The van der Waals surface area contributed by atoms with Crippen LogP contribution in [0.1, 0.15) is 31.4 Å². The lowest BCUT2D eigenvalue weighted by molar-refractivity contribution is -0.137. The zero-order valence-corrected chi connectivity index (χ0v) is 18.9. The number of primary amides is 1. The van der Waals surface area contributed by atoms with E-state index in [1.807, 2.05) is 30.3 Å². The maximum Gasteiger partial charge on any atom is 0.330 e. The number of benzene rings is 1. The lowest BCUT2D eigenvalue weighted by Gasteiger charge is -2.23. The van der Waals surface area contributed by atoms with Crippen molar-refractivity contribution in [3.05, 3.63) is 82.9 Å². The summed E-state index contributed by atoms with van der Waals surface area (Å²) in [4.78, 5) is 52.6. The Bertz CT molecular complexity index is 1230. The van der Waals surface area contributed by atoms with Gasteiger partial charge in [0.1, 0.15) is 11.6 Å². The van der Waals surface area contributed by atoms with Crippen molar-refractivity contribution in [2.75, 3.05) is 6.61 Å². The monoisotopic (exact) mass is 464 g/mol. The number of nitrogens with zero attached hydrogens (tertiary/aromatic N) is 1. The molecule has 2 atom stereocenters. The Kier molecular flexibility index (Phi) is 8.39. The second-order valence-electron chi connectivity index (χ2n) is 7.77. The van der Waals surface area contributed by atoms with Crippen molar-refractivity contribution in [3.8, 4) is 0 Å². The van der Waals surface area contributed by atoms with Gasteiger partial charge in [0.05, 0.1) is 6.61 Å². The third kappa shape index (κ3) is 6.44. The maximum absolute atomic E-state index is 13.5. The highest BCUT2D eigenvalue weighted by Crippen LogP contribution is 2.17. The average Bonchev–Trinajstić information content (AvgIpc) is 3.30. The SMILES string of the molecule is CCOC(=O)/C=C/[C@H](CCC(N)=O)NC(=O)[C@@H](Cc1ccccc1)n1ccc2cc[nH]c2c1=O. The third-order valence-electron chi connectivity index (χ3n) is 5.33. The van der Waals surface area contributed by atoms with Crippen molar-refractivity contribution >= 4 is 28.7 Å². The van der Waals surface area contributed by atoms with Gasteiger partial charge in [0, 0.05) is 42.7 Å². The molecule has 3 aromatic rings. The van der Waals surface area contributed by atoms with E-state index in [2.05, 4.69) is 10.3 Å². The molecule has 34 heavy (non-hydrogen) atoms. The smallest absolute Gasteiger partial charge is 0.330 e. The van der Waals surface area contributed by atoms with Crippen LogP contribution in [0.4, 0.5) is 0 Å². The highest BCUT2D eigenvalue weighted by Gasteiger charge is 2.25. The number of H-pyrrole nitrogens is 1. The number of carbonyl (C=O) groups excluding carboxylic acids is 3. The summed E-state index contributed by atoms with van der Waals surface area (Å²) in [6.45, 7) is 1.90. The minimum absolute atomic E-state index is 0.00977. The Morgan fingerprint density at radius 2 is 1.94 bits per heavy atom. The summed E-state index contributed by atoms with van der Waals surface area (Å²) in [7, 11) is 0. The molecule has 0 radical (unpaired) electrons. The van der Waals surface area contributed by atoms with Gasteiger partial charge in [0.25, 0.3) is 5.56 Å². The molecule has 2 aromatic heterocycles. The molecule has 1 aromatic carbocycles. The van der Waals surface area contributed by atoms with E-state index in [0.29, 0.717) is 5.52 Å². The van der Waals surface area contributed by atoms with Crippen molar-refractivity contribution in [2.45, 2.75) is 38.3 Å². The highest BCUT2D eigenvalue weighted by molar-refractivity contribution is 5.84. The zero-order chi connectivity index (χ0) is 24.5. The largest absolute Gasteiger partial charge is 0.463 e. The van der Waals surface area contributed by atoms with Gasteiger partial charge < -0.3 is 25.3 Å². The Labute approximate surface area is 196 Å². The first-order chi connectivity index (χ1) is 16.4. The van der Waals surface area contributed by atoms with Crippen molar-refractivity contribution < 1.29 is 19.1 Å². The van der Waals surface area contributed by atoms with E-state index in [1.54, 1.807) is 31.5 Å². The first kappa shape index (κ1) is 24.5. The molecule has 2 amide bonds. The van der Waals surface area contributed by atoms with Crippen LogP contribution < -0.4 is 16.6 Å². The molecule has 0 spiro atoms. The van der Waals surface area contributed by atoms with Crippen LogP contribution in [0.5, 0.6) is 0 Å². The normalized spacial score (nSPS) is 13.0. The predicted molar refractivity (Wildman–Crippen MR) is 128 cm³/mol. The second-order valence-corrected chi connectivity index (χ2v) is 7.77. The first-order valence-corrected chi connectivity index (χ1v) is 11.0. The summed E-state index contributed by atoms with van der Waals surface area (Å²) < 4.78 is 6.28. The summed E-state index contributed by atoms with van der Waals surface area (Å²) in [6.07, 6.45) is 6.41. The fourth-order valence-electron chi connectivity index (χ4n) is 3.64. The van der Waals surface area contributed by atoms with Crippen LogP contribution in [0, 0.1) is 0 Å². The van der Waals surface area contributed by atoms with Gasteiger partial charge in [0.15, 0.2) is 0 Å². The molecule has 3 rings (SSSR count). The average molecular weight is 465 g/mol. The molecule has 0 bridgehead atoms. The first-order valence-electron chi connectivity index (χ1n) is 11.0. The quantitative estimate of drug-likeness (QED) is 0.294. The molecule has 0 fully saturated rings. The van der Waals surface area contributed by atoms with Crippen molar-refractivity contribution in [2.24, 2.45) is 5.73 Å². The molecule has 0 aliphatic rings. The number of amides is 2. The molecule has 0 aliphatic carbocycles. The van der Waals surface area contributed by atoms with Gasteiger partial charge in [-0.1, -0.05) is 36.4 Å². The Balaban J connectivity index is 1.91. The Hall–Kier alpha value is -4.14. The van der Waals surface area contributed by atoms with Gasteiger partial charge in [0.2, 0.25) is 11.8 Å². The van der Waals surface area contributed by atoms with E-state index in [9.17, 15) is 19.2 Å². The lowest BCUT2D eigenvalue weighted by atomic mass is 10.0. The Morgan fingerprint density at radius 3 is 2.65 bits per heavy atom. The van der Waals surface area contributed by atoms with Gasteiger partial charge in [-0.3, -0.25) is 14.4 Å². The van der Waals surface area contributed by atoms with E-state index in [-0.39, 0.29) is 31.4 Å². The van der Waals surface area contributed by atoms with Gasteiger partial charge in [-0.05, 0) is 31.0 Å². The van der Waals surface area contributed by atoms with Gasteiger partial charge >= 0.3 is 5.97 Å². The summed E-state index contributed by atoms with van der Waals surface area (Å²) in [6, 6.07) is 11.4. The van der Waals surface area contributed by atoms with E-state index >= 15 is 0 Å². The molecular weight excluding hydrogens is 436 g/mol. The van der Waals surface area contributed by atoms with Gasteiger partial charge in [-0.15, -0.1) is 0 Å². The molecule has 9 heteroatoms. The van der Waals surface area contributed by atoms with Crippen LogP contribution in [0.2, 0.25) is 0 Å². The van der Waals surface area contributed by atoms with E-state index < -0.39 is 29.9 Å². The van der Waals surface area contributed by atoms with Crippen LogP contribution in [-0.4, -0.2) is 40.0 Å². The van der Waals surface area contributed by atoms with E-state index in [1.165, 1.54) is 16.7 Å². The third-order valence-corrected chi connectivity index (χ3v) is 5.33. The van der Waals surface area contributed by atoms with Crippen LogP contribution in [0.3, 0.4) is 0 Å². The maximum atomic E-state index is 13.5. The van der Waals surface area contributed by atoms with E-state index in [0.717, 1.165) is 10.9 Å². The highest BCUT2D eigenvalue weighted by atomic mass is 16.5. The summed E-state index contributed by atoms with van der Waals surface area (Å²) >= 11 is 0. The minimum Gasteiger partial charge on any atom is -0.463 e. The summed E-state index contributed by atoms with van der Waals surface area (Å²) in [5.74, 6) is -1.52. The van der Waals surface area contributed by atoms with Crippen LogP contribution in [0.25, 0.3) is 10.9 Å². The minimum atomic E-state index is -0.866. The number of hydrogen-bond donors (Lipinski definition) is 3. The molecule has 0 aliphatic heterocycles. The zero-order valence-electron chi connectivity index (χ0n) is 18.9. The lowest BCUT2D eigenvalue weighted by Crippen LogP contribution is -2.42. The van der Waals surface area contributed by atoms with Crippen molar-refractivity contribution in [1.29, 1.82) is 0 Å². The topological polar surface area (TPSA) is 136 Å². The molecule has 178 valence electrons. The van der Waals surface area contributed by atoms with Crippen LogP contribution >= 0.6 is 0 Å². The standard InChI is InChI=1S/C25H28N4O5/c1-2-34-22(31)11-9-19(8-10-21(26)30)28-24(32)20(16-17-6-4-3-5-7-17)29-15-13-18-12-14-27-23(18)25(29)33/h3-7,9,11-15,19-20,27H,2,8,10,16H2,1H3,(H2,26,30)(H,28,32)/b11-9+/t19-,20+/m0/s1.